The normalized spacial score (nSPS) is 11.4. The minimum Gasteiger partial charge on any atom is -0.287 e. The van der Waals surface area contributed by atoms with Gasteiger partial charge in [-0.2, -0.15) is 0 Å². The van der Waals surface area contributed by atoms with Crippen LogP contribution in [0.1, 0.15) is 219 Å². The van der Waals surface area contributed by atoms with E-state index in [4.69, 9.17) is 0 Å². The summed E-state index contributed by atoms with van der Waals surface area (Å²) in [5.41, 5.74) is 0. The van der Waals surface area contributed by atoms with Gasteiger partial charge >= 0.3 is 0 Å². The molecule has 0 rings (SSSR count). The van der Waals surface area contributed by atoms with Gasteiger partial charge in [0.1, 0.15) is 0 Å². The molecule has 0 fully saturated rings. The van der Waals surface area contributed by atoms with E-state index in [1.54, 1.807) is 11.8 Å². The highest BCUT2D eigenvalue weighted by Gasteiger charge is 2.03. The fraction of sp³-hybridized carbons (Fsp3) is 0.972. The summed E-state index contributed by atoms with van der Waals surface area (Å²) in [5.74, 6) is 1.05. The molecule has 0 aromatic heterocycles. The Morgan fingerprint density at radius 2 is 0.579 bits per heavy atom. The van der Waals surface area contributed by atoms with Crippen LogP contribution >= 0.6 is 11.8 Å². The second-order valence-corrected chi connectivity index (χ2v) is 13.4. The summed E-state index contributed by atoms with van der Waals surface area (Å²) in [4.78, 5) is 12.1. The zero-order chi connectivity index (χ0) is 27.6. The van der Waals surface area contributed by atoms with Gasteiger partial charge < -0.3 is 0 Å². The number of rotatable bonds is 33. The molecule has 38 heavy (non-hydrogen) atoms. The zero-order valence-corrected chi connectivity index (χ0v) is 27.5. The molecule has 0 N–H and O–H groups in total. The van der Waals surface area contributed by atoms with Crippen LogP contribution in [0, 0.1) is 0 Å². The molecular formula is C36H72OS. The molecule has 0 heterocycles. The summed E-state index contributed by atoms with van der Waals surface area (Å²) in [5, 5.41) is 0.445. The molecule has 228 valence electrons. The zero-order valence-electron chi connectivity index (χ0n) is 26.7. The van der Waals surface area contributed by atoms with Gasteiger partial charge in [-0.25, -0.2) is 0 Å². The summed E-state index contributed by atoms with van der Waals surface area (Å²) in [6, 6.07) is 0. The maximum Gasteiger partial charge on any atom is 0.188 e. The Kier molecular flexibility index (Phi) is 35.1. The second kappa shape index (κ2) is 35.0. The number of carbonyl (C=O) groups is 1. The topological polar surface area (TPSA) is 17.1 Å². The molecule has 2 heteroatoms. The minimum absolute atomic E-state index is 0.445. The Labute approximate surface area is 246 Å². The lowest BCUT2D eigenvalue weighted by Crippen LogP contribution is -1.94. The van der Waals surface area contributed by atoms with Gasteiger partial charge in [0.05, 0.1) is 0 Å². The maximum atomic E-state index is 12.1. The van der Waals surface area contributed by atoms with Crippen molar-refractivity contribution >= 4 is 16.9 Å². The van der Waals surface area contributed by atoms with Crippen LogP contribution in [-0.2, 0) is 4.79 Å². The highest BCUT2D eigenvalue weighted by atomic mass is 32.2. The van der Waals surface area contributed by atoms with Crippen molar-refractivity contribution < 1.29 is 4.79 Å². The molecule has 1 nitrogen and oxygen atoms in total. The summed E-state index contributed by atoms with van der Waals surface area (Å²) < 4.78 is 0. The molecule has 0 aromatic rings. The molecule has 0 aliphatic heterocycles. The van der Waals surface area contributed by atoms with Crippen molar-refractivity contribution in [2.24, 2.45) is 0 Å². The van der Waals surface area contributed by atoms with Crippen LogP contribution in [0.15, 0.2) is 0 Å². The Bertz CT molecular complexity index is 435. The van der Waals surface area contributed by atoms with Gasteiger partial charge in [0.2, 0.25) is 0 Å². The SMILES string of the molecule is CCCCCCCCCCCCCCCCCCSC(=O)CCCCCCCCCCCCCCCCC. The molecule has 0 saturated carbocycles. The summed E-state index contributed by atoms with van der Waals surface area (Å²) in [6.45, 7) is 4.59. The predicted octanol–water partition coefficient (Wildman–Crippen LogP) is 13.8. The lowest BCUT2D eigenvalue weighted by Gasteiger charge is -2.04. The van der Waals surface area contributed by atoms with Crippen LogP contribution in [-0.4, -0.2) is 10.9 Å². The van der Waals surface area contributed by atoms with E-state index >= 15 is 0 Å². The summed E-state index contributed by atoms with van der Waals surface area (Å²) in [6.07, 6.45) is 44.2. The monoisotopic (exact) mass is 553 g/mol. The van der Waals surface area contributed by atoms with Crippen molar-refractivity contribution in [3.63, 3.8) is 0 Å². The average Bonchev–Trinajstić information content (AvgIpc) is 2.92. The third-order valence-corrected chi connectivity index (χ3v) is 9.26. The van der Waals surface area contributed by atoms with E-state index in [2.05, 4.69) is 13.8 Å². The lowest BCUT2D eigenvalue weighted by molar-refractivity contribution is -0.111. The van der Waals surface area contributed by atoms with E-state index in [0.29, 0.717) is 5.12 Å². The molecule has 0 amide bonds. The van der Waals surface area contributed by atoms with E-state index in [1.165, 1.54) is 193 Å². The highest BCUT2D eigenvalue weighted by Crippen LogP contribution is 2.17. The smallest absolute Gasteiger partial charge is 0.188 e. The quantitative estimate of drug-likeness (QED) is 0.0753. The molecule has 0 bridgehead atoms. The largest absolute Gasteiger partial charge is 0.287 e. The van der Waals surface area contributed by atoms with E-state index < -0.39 is 0 Å². The lowest BCUT2D eigenvalue weighted by atomic mass is 10.0. The molecule has 0 atom stereocenters. The van der Waals surface area contributed by atoms with Gasteiger partial charge in [-0.15, -0.1) is 0 Å². The number of hydrogen-bond acceptors (Lipinski definition) is 2. The van der Waals surface area contributed by atoms with Crippen LogP contribution in [0.4, 0.5) is 0 Å². The van der Waals surface area contributed by atoms with Crippen molar-refractivity contribution in [1.29, 1.82) is 0 Å². The number of hydrogen-bond donors (Lipinski definition) is 0. The number of thioether (sulfide) groups is 1. The third kappa shape index (κ3) is 34.0. The number of carbonyl (C=O) groups excluding carboxylic acids is 1. The van der Waals surface area contributed by atoms with Gasteiger partial charge in [-0.3, -0.25) is 4.79 Å². The van der Waals surface area contributed by atoms with Crippen molar-refractivity contribution in [1.82, 2.24) is 0 Å². The van der Waals surface area contributed by atoms with Crippen molar-refractivity contribution in [3.05, 3.63) is 0 Å². The molecule has 0 aliphatic rings. The molecular weight excluding hydrogens is 480 g/mol. The van der Waals surface area contributed by atoms with Crippen molar-refractivity contribution in [2.45, 2.75) is 219 Å². The van der Waals surface area contributed by atoms with E-state index in [1.807, 2.05) is 0 Å². The van der Waals surface area contributed by atoms with Gasteiger partial charge in [-0.05, 0) is 12.8 Å². The van der Waals surface area contributed by atoms with Gasteiger partial charge in [0.15, 0.2) is 5.12 Å². The van der Waals surface area contributed by atoms with Crippen LogP contribution in [0.25, 0.3) is 0 Å². The standard InChI is InChI=1S/C36H72OS/c1-3-5-7-9-11-13-15-17-19-21-23-25-27-29-31-33-35-38-36(37)34-32-30-28-26-24-22-20-18-16-14-12-10-8-6-4-2/h3-35H2,1-2H3. The van der Waals surface area contributed by atoms with Crippen LogP contribution in [0.3, 0.4) is 0 Å². The first-order chi connectivity index (χ1) is 18.8. The fourth-order valence-electron chi connectivity index (χ4n) is 5.55. The van der Waals surface area contributed by atoms with Gasteiger partial charge in [0.25, 0.3) is 0 Å². The Balaban J connectivity index is 3.14. The van der Waals surface area contributed by atoms with Crippen molar-refractivity contribution in [2.75, 3.05) is 5.75 Å². The van der Waals surface area contributed by atoms with E-state index in [9.17, 15) is 4.79 Å². The first-order valence-electron chi connectivity index (χ1n) is 18.0. The molecule has 0 radical (unpaired) electrons. The predicted molar refractivity (Wildman–Crippen MR) is 177 cm³/mol. The van der Waals surface area contributed by atoms with Crippen LogP contribution in [0.2, 0.25) is 0 Å². The molecule has 0 aliphatic carbocycles. The van der Waals surface area contributed by atoms with E-state index in [0.717, 1.165) is 18.6 Å². The fourth-order valence-corrected chi connectivity index (χ4v) is 6.41. The van der Waals surface area contributed by atoms with Crippen molar-refractivity contribution in [3.8, 4) is 0 Å². The van der Waals surface area contributed by atoms with Crippen LogP contribution < -0.4 is 0 Å². The van der Waals surface area contributed by atoms with Gasteiger partial charge in [-0.1, -0.05) is 212 Å². The first kappa shape index (κ1) is 38.0. The average molecular weight is 553 g/mol. The first-order valence-corrected chi connectivity index (χ1v) is 19.0. The summed E-state index contributed by atoms with van der Waals surface area (Å²) >= 11 is 1.61. The highest BCUT2D eigenvalue weighted by molar-refractivity contribution is 8.13. The third-order valence-electron chi connectivity index (χ3n) is 8.25. The second-order valence-electron chi connectivity index (χ2n) is 12.2. The van der Waals surface area contributed by atoms with Gasteiger partial charge in [0, 0.05) is 12.2 Å². The van der Waals surface area contributed by atoms with Crippen LogP contribution in [0.5, 0.6) is 0 Å². The Morgan fingerprint density at radius 1 is 0.342 bits per heavy atom. The summed E-state index contributed by atoms with van der Waals surface area (Å²) in [7, 11) is 0. The Morgan fingerprint density at radius 3 is 0.868 bits per heavy atom. The number of unbranched alkanes of at least 4 members (excludes halogenated alkanes) is 29. The Hall–Kier alpha value is 0.0200. The molecule has 0 unspecified atom stereocenters. The molecule has 0 spiro atoms. The van der Waals surface area contributed by atoms with E-state index in [-0.39, 0.29) is 0 Å². The molecule has 0 aromatic carbocycles. The maximum absolute atomic E-state index is 12.1. The minimum atomic E-state index is 0.445. The molecule has 0 saturated heterocycles.